The quantitative estimate of drug-likeness (QED) is 0.399. The Morgan fingerprint density at radius 2 is 1.82 bits per heavy atom. The molecule has 0 aliphatic carbocycles. The van der Waals surface area contributed by atoms with Crippen molar-refractivity contribution in [3.8, 4) is 17.2 Å². The van der Waals surface area contributed by atoms with Gasteiger partial charge < -0.3 is 19.5 Å². The fourth-order valence-corrected chi connectivity index (χ4v) is 5.63. The van der Waals surface area contributed by atoms with E-state index in [2.05, 4.69) is 5.32 Å². The fourth-order valence-electron chi connectivity index (χ4n) is 3.97. The second-order valence-electron chi connectivity index (χ2n) is 9.82. The number of ether oxygens (including phenoxy) is 3. The van der Waals surface area contributed by atoms with Crippen LogP contribution in [0, 0.1) is 0 Å². The highest BCUT2D eigenvalue weighted by Gasteiger charge is 2.38. The van der Waals surface area contributed by atoms with E-state index in [1.165, 1.54) is 23.5 Å². The average molecular weight is 559 g/mol. The highest BCUT2D eigenvalue weighted by atomic mass is 35.5. The normalized spacial score (nSPS) is 15.3. The van der Waals surface area contributed by atoms with E-state index in [9.17, 15) is 13.2 Å². The van der Waals surface area contributed by atoms with Crippen LogP contribution >= 0.6 is 11.6 Å². The average Bonchev–Trinajstić information content (AvgIpc) is 2.90. The molecule has 10 heteroatoms. The monoisotopic (exact) mass is 558 g/mol. The predicted molar refractivity (Wildman–Crippen MR) is 147 cm³/mol. The van der Waals surface area contributed by atoms with Gasteiger partial charge in [0.1, 0.15) is 23.9 Å². The SMILES string of the molecule is COc1ccc(S(=O)(=O)N2C[C@@H](C(=O)NCCOc3ccccc3Cl)Oc3ccc(C(C)(C)C)cc32)cc1. The molecule has 202 valence electrons. The van der Waals surface area contributed by atoms with Gasteiger partial charge in [0.05, 0.1) is 35.8 Å². The highest BCUT2D eigenvalue weighted by molar-refractivity contribution is 7.92. The van der Waals surface area contributed by atoms with Gasteiger partial charge >= 0.3 is 0 Å². The molecular formula is C28H31ClN2O6S. The number of nitrogens with zero attached hydrogens (tertiary/aromatic N) is 1. The molecule has 4 rings (SSSR count). The first kappa shape index (κ1) is 27.6. The molecule has 0 aromatic heterocycles. The molecule has 38 heavy (non-hydrogen) atoms. The summed E-state index contributed by atoms with van der Waals surface area (Å²) in [6, 6.07) is 18.6. The van der Waals surface area contributed by atoms with Crippen molar-refractivity contribution in [1.29, 1.82) is 0 Å². The Kier molecular flexibility index (Phi) is 8.08. The summed E-state index contributed by atoms with van der Waals surface area (Å²) in [5.74, 6) is 0.914. The molecule has 0 bridgehead atoms. The summed E-state index contributed by atoms with van der Waals surface area (Å²) in [6.07, 6.45) is -1.06. The van der Waals surface area contributed by atoms with Crippen LogP contribution < -0.4 is 23.8 Å². The Morgan fingerprint density at radius 3 is 2.47 bits per heavy atom. The Hall–Kier alpha value is -3.43. The van der Waals surface area contributed by atoms with Crippen molar-refractivity contribution in [1.82, 2.24) is 5.32 Å². The molecule has 0 fully saturated rings. The zero-order chi connectivity index (χ0) is 27.5. The van der Waals surface area contributed by atoms with Gasteiger partial charge in [0.2, 0.25) is 0 Å². The summed E-state index contributed by atoms with van der Waals surface area (Å²) >= 11 is 6.10. The van der Waals surface area contributed by atoms with Crippen molar-refractivity contribution in [2.45, 2.75) is 37.2 Å². The first-order valence-electron chi connectivity index (χ1n) is 12.1. The maximum Gasteiger partial charge on any atom is 0.264 e. The molecule has 1 aliphatic rings. The van der Waals surface area contributed by atoms with Crippen LogP contribution in [-0.2, 0) is 20.2 Å². The molecule has 0 saturated heterocycles. The number of nitrogens with one attached hydrogen (secondary N) is 1. The third-order valence-electron chi connectivity index (χ3n) is 6.13. The molecule has 8 nitrogen and oxygen atoms in total. The Morgan fingerprint density at radius 1 is 1.11 bits per heavy atom. The number of anilines is 1. The highest BCUT2D eigenvalue weighted by Crippen LogP contribution is 2.40. The smallest absolute Gasteiger partial charge is 0.264 e. The van der Waals surface area contributed by atoms with Crippen molar-refractivity contribution in [2.75, 3.05) is 31.1 Å². The molecule has 1 atom stereocenters. The second-order valence-corrected chi connectivity index (χ2v) is 12.1. The topological polar surface area (TPSA) is 94.2 Å². The molecule has 3 aromatic carbocycles. The van der Waals surface area contributed by atoms with Gasteiger partial charge in [-0.3, -0.25) is 9.10 Å². The van der Waals surface area contributed by atoms with Crippen LogP contribution in [0.4, 0.5) is 5.69 Å². The number of rotatable bonds is 8. The van der Waals surface area contributed by atoms with Crippen LogP contribution in [0.15, 0.2) is 71.6 Å². The van der Waals surface area contributed by atoms with Gasteiger partial charge in [-0.25, -0.2) is 8.42 Å². The van der Waals surface area contributed by atoms with Crippen LogP contribution in [0.5, 0.6) is 17.2 Å². The molecule has 0 saturated carbocycles. The van der Waals surface area contributed by atoms with E-state index in [1.54, 1.807) is 42.5 Å². The van der Waals surface area contributed by atoms with Crippen LogP contribution in [0.25, 0.3) is 0 Å². The van der Waals surface area contributed by atoms with E-state index in [4.69, 9.17) is 25.8 Å². The first-order valence-corrected chi connectivity index (χ1v) is 14.0. The number of carbonyl (C=O) groups is 1. The summed E-state index contributed by atoms with van der Waals surface area (Å²) in [5, 5.41) is 3.24. The number of sulfonamides is 1. The largest absolute Gasteiger partial charge is 0.497 e. The number of hydrogen-bond acceptors (Lipinski definition) is 6. The second kappa shape index (κ2) is 11.1. The van der Waals surface area contributed by atoms with Crippen molar-refractivity contribution in [3.63, 3.8) is 0 Å². The van der Waals surface area contributed by atoms with Crippen LogP contribution in [0.1, 0.15) is 26.3 Å². The van der Waals surface area contributed by atoms with E-state index in [0.717, 1.165) is 5.56 Å². The summed E-state index contributed by atoms with van der Waals surface area (Å²) in [7, 11) is -2.50. The van der Waals surface area contributed by atoms with Gasteiger partial charge in [0.15, 0.2) is 6.10 Å². The number of carbonyl (C=O) groups excluding carboxylic acids is 1. The number of para-hydroxylation sites is 1. The van der Waals surface area contributed by atoms with Crippen molar-refractivity contribution in [2.24, 2.45) is 0 Å². The van der Waals surface area contributed by atoms with Crippen molar-refractivity contribution >= 4 is 33.2 Å². The minimum Gasteiger partial charge on any atom is -0.497 e. The number of benzene rings is 3. The molecule has 0 spiro atoms. The Labute approximate surface area is 228 Å². The number of amides is 1. The van der Waals surface area contributed by atoms with E-state index in [1.807, 2.05) is 32.9 Å². The van der Waals surface area contributed by atoms with Crippen molar-refractivity contribution in [3.05, 3.63) is 77.3 Å². The summed E-state index contributed by atoms with van der Waals surface area (Å²) in [4.78, 5) is 13.1. The maximum absolute atomic E-state index is 13.8. The lowest BCUT2D eigenvalue weighted by Gasteiger charge is -2.36. The molecule has 1 heterocycles. The minimum atomic E-state index is -4.02. The zero-order valence-electron chi connectivity index (χ0n) is 21.7. The standard InChI is InChI=1S/C28H31ClN2O6S/c1-28(2,3)19-9-14-25-23(17-19)31(38(33,34)21-12-10-20(35-4)11-13-21)18-26(37-25)27(32)30-15-16-36-24-8-6-5-7-22(24)29/h5-14,17,26H,15-16,18H2,1-4H3,(H,30,32)/t26-/m0/s1. The third-order valence-corrected chi connectivity index (χ3v) is 8.24. The maximum atomic E-state index is 13.8. The van der Waals surface area contributed by atoms with E-state index >= 15 is 0 Å². The third kappa shape index (κ3) is 6.00. The summed E-state index contributed by atoms with van der Waals surface area (Å²) < 4.78 is 45.6. The molecular weight excluding hydrogens is 528 g/mol. The number of hydrogen-bond donors (Lipinski definition) is 1. The van der Waals surface area contributed by atoms with Gasteiger partial charge in [-0.2, -0.15) is 0 Å². The van der Waals surface area contributed by atoms with E-state index in [0.29, 0.717) is 28.0 Å². The van der Waals surface area contributed by atoms with Gasteiger partial charge in [-0.05, 0) is 59.5 Å². The van der Waals surface area contributed by atoms with Gasteiger partial charge in [-0.1, -0.05) is 50.6 Å². The van der Waals surface area contributed by atoms with Crippen LogP contribution in [0.2, 0.25) is 5.02 Å². The van der Waals surface area contributed by atoms with Crippen LogP contribution in [-0.4, -0.2) is 47.2 Å². The van der Waals surface area contributed by atoms with Gasteiger partial charge in [0.25, 0.3) is 15.9 Å². The van der Waals surface area contributed by atoms with Crippen LogP contribution in [0.3, 0.4) is 0 Å². The zero-order valence-corrected chi connectivity index (χ0v) is 23.3. The van der Waals surface area contributed by atoms with E-state index < -0.39 is 22.0 Å². The van der Waals surface area contributed by atoms with Gasteiger partial charge in [0, 0.05) is 0 Å². The lowest BCUT2D eigenvalue weighted by Crippen LogP contribution is -2.51. The lowest BCUT2D eigenvalue weighted by molar-refractivity contribution is -0.127. The number of fused-ring (bicyclic) bond motifs is 1. The van der Waals surface area contributed by atoms with Gasteiger partial charge in [-0.15, -0.1) is 0 Å². The number of methoxy groups -OCH3 is 1. The molecule has 0 unspecified atom stereocenters. The number of halogens is 1. The first-order chi connectivity index (χ1) is 18.0. The lowest BCUT2D eigenvalue weighted by atomic mass is 9.86. The molecule has 0 radical (unpaired) electrons. The van der Waals surface area contributed by atoms with Crippen molar-refractivity contribution < 1.29 is 27.4 Å². The summed E-state index contributed by atoms with van der Waals surface area (Å²) in [5.41, 5.74) is 1.11. The van der Waals surface area contributed by atoms with E-state index in [-0.39, 0.29) is 30.0 Å². The Bertz CT molecular complexity index is 1400. The predicted octanol–water partition coefficient (Wildman–Crippen LogP) is 4.80. The molecule has 1 amide bonds. The Balaban J connectivity index is 1.57. The minimum absolute atomic E-state index is 0.0830. The molecule has 1 aliphatic heterocycles. The fraction of sp³-hybridized carbons (Fsp3) is 0.321. The molecule has 1 N–H and O–H groups in total. The molecule has 3 aromatic rings. The summed E-state index contributed by atoms with van der Waals surface area (Å²) in [6.45, 7) is 6.31.